The highest BCUT2D eigenvalue weighted by Gasteiger charge is 2.48. The third kappa shape index (κ3) is 4.50. The van der Waals surface area contributed by atoms with E-state index in [1.54, 1.807) is 22.7 Å². The smallest absolute Gasteiger partial charge is 0.391 e. The summed E-state index contributed by atoms with van der Waals surface area (Å²) in [4.78, 5) is 45.2. The van der Waals surface area contributed by atoms with Crippen LogP contribution in [0.2, 0.25) is 0 Å². The third-order valence-corrected chi connectivity index (χ3v) is 8.23. The second-order valence-corrected chi connectivity index (χ2v) is 10.4. The topological polar surface area (TPSA) is 134 Å². The second-order valence-electron chi connectivity index (χ2n) is 9.07. The normalized spacial score (nSPS) is 24.3. The summed E-state index contributed by atoms with van der Waals surface area (Å²) in [6.07, 6.45) is 6.18. The zero-order valence-electron chi connectivity index (χ0n) is 18.9. The van der Waals surface area contributed by atoms with Crippen molar-refractivity contribution in [2.75, 3.05) is 18.0 Å². The van der Waals surface area contributed by atoms with Gasteiger partial charge < -0.3 is 9.64 Å². The van der Waals surface area contributed by atoms with Crippen molar-refractivity contribution in [3.8, 4) is 5.88 Å². The summed E-state index contributed by atoms with van der Waals surface area (Å²) in [6.45, 7) is 3.33. The zero-order valence-corrected chi connectivity index (χ0v) is 19.7. The number of thioether (sulfide) groups is 1. The fraction of sp³-hybridized carbons (Fsp3) is 0.591. The number of imide groups is 1. The first kappa shape index (κ1) is 22.8. The van der Waals surface area contributed by atoms with Gasteiger partial charge in [-0.3, -0.25) is 9.59 Å². The molecule has 3 amide bonds. The number of aromatic amines is 1. The lowest BCUT2D eigenvalue weighted by atomic mass is 9.81. The lowest BCUT2D eigenvalue weighted by Crippen LogP contribution is -2.41. The van der Waals surface area contributed by atoms with Gasteiger partial charge >= 0.3 is 6.09 Å². The molecule has 0 aromatic carbocycles. The van der Waals surface area contributed by atoms with Gasteiger partial charge in [-0.1, -0.05) is 31.5 Å². The maximum Gasteiger partial charge on any atom is 0.416 e. The maximum absolute atomic E-state index is 12.8. The van der Waals surface area contributed by atoms with Crippen LogP contribution < -0.4 is 9.64 Å². The molecule has 5 rings (SSSR count). The summed E-state index contributed by atoms with van der Waals surface area (Å²) in [5.41, 5.74) is 0.429. The van der Waals surface area contributed by atoms with Gasteiger partial charge in [0.05, 0.1) is 23.7 Å². The molecule has 2 aromatic heterocycles. The molecule has 3 unspecified atom stereocenters. The first-order chi connectivity index (χ1) is 16.5. The Bertz CT molecular complexity index is 1020. The van der Waals surface area contributed by atoms with Crippen molar-refractivity contribution in [2.45, 2.75) is 55.9 Å². The number of ether oxygens (including phenoxy) is 1. The molecule has 0 bridgehead atoms. The number of anilines is 1. The van der Waals surface area contributed by atoms with Crippen LogP contribution in [0.1, 0.15) is 45.4 Å². The number of fused-ring (bicyclic) bond motifs is 1. The number of nitrogens with one attached hydrogen (secondary N) is 1. The van der Waals surface area contributed by atoms with Gasteiger partial charge in [-0.25, -0.2) is 14.7 Å². The minimum atomic E-state index is -0.448. The van der Waals surface area contributed by atoms with Crippen LogP contribution in [0, 0.1) is 17.8 Å². The van der Waals surface area contributed by atoms with E-state index in [9.17, 15) is 14.4 Å². The SMILES string of the molecule is CC(Sc1nn[nH]n1)C1CCN(C(=O)Oc2ccc(N3C(=O)C4CCCCC4C3=O)cn2)CC1. The van der Waals surface area contributed by atoms with E-state index in [0.29, 0.717) is 35.1 Å². The van der Waals surface area contributed by atoms with E-state index in [1.807, 2.05) is 0 Å². The number of likely N-dealkylation sites (tertiary alicyclic amines) is 1. The van der Waals surface area contributed by atoms with Gasteiger partial charge in [0.2, 0.25) is 22.9 Å². The minimum Gasteiger partial charge on any atom is -0.391 e. The molecule has 11 nitrogen and oxygen atoms in total. The van der Waals surface area contributed by atoms with Crippen LogP contribution in [0.3, 0.4) is 0 Å². The zero-order chi connectivity index (χ0) is 23.7. The number of pyridine rings is 1. The molecule has 1 aliphatic carbocycles. The summed E-state index contributed by atoms with van der Waals surface area (Å²) >= 11 is 1.57. The number of carbonyl (C=O) groups excluding carboxylic acids is 3. The standard InChI is InChI=1S/C22H27N7O4S/c1-13(34-21-24-26-27-25-21)14-8-10-28(11-9-14)22(32)33-18-7-6-15(12-23-18)29-19(30)16-4-2-3-5-17(16)20(29)31/h6-7,12-14,16-17H,2-5,8-11H2,1H3,(H,24,25,26,27). The molecule has 34 heavy (non-hydrogen) atoms. The van der Waals surface area contributed by atoms with Crippen LogP contribution in [0.4, 0.5) is 10.5 Å². The average molecular weight is 486 g/mol. The second kappa shape index (κ2) is 9.69. The molecule has 1 N–H and O–H groups in total. The quantitative estimate of drug-likeness (QED) is 0.501. The lowest BCUT2D eigenvalue weighted by molar-refractivity contribution is -0.122. The molecule has 1 saturated carbocycles. The molecule has 3 aliphatic rings. The largest absolute Gasteiger partial charge is 0.416 e. The molecule has 2 saturated heterocycles. The van der Waals surface area contributed by atoms with E-state index in [-0.39, 0.29) is 29.5 Å². The Labute approximate surface area is 201 Å². The number of tetrazole rings is 1. The Morgan fingerprint density at radius 2 is 1.82 bits per heavy atom. The molecule has 2 aromatic rings. The molecule has 12 heteroatoms. The highest BCUT2D eigenvalue weighted by atomic mass is 32.2. The highest BCUT2D eigenvalue weighted by molar-refractivity contribution is 7.99. The molecule has 0 radical (unpaired) electrons. The Balaban J connectivity index is 1.14. The van der Waals surface area contributed by atoms with Crippen LogP contribution in [-0.2, 0) is 9.59 Å². The van der Waals surface area contributed by atoms with Gasteiger partial charge in [-0.2, -0.15) is 5.21 Å². The van der Waals surface area contributed by atoms with Crippen molar-refractivity contribution < 1.29 is 19.1 Å². The van der Waals surface area contributed by atoms with Gasteiger partial charge in [-0.05, 0) is 42.9 Å². The summed E-state index contributed by atoms with van der Waals surface area (Å²) in [7, 11) is 0. The van der Waals surface area contributed by atoms with E-state index in [1.165, 1.54) is 17.2 Å². The fourth-order valence-electron chi connectivity index (χ4n) is 5.15. The van der Waals surface area contributed by atoms with Crippen molar-refractivity contribution in [3.63, 3.8) is 0 Å². The van der Waals surface area contributed by atoms with E-state index in [2.05, 4.69) is 32.5 Å². The molecule has 2 aliphatic heterocycles. The molecular weight excluding hydrogens is 458 g/mol. The minimum absolute atomic E-state index is 0.143. The number of hydrogen-bond donors (Lipinski definition) is 1. The van der Waals surface area contributed by atoms with Crippen molar-refractivity contribution in [1.82, 2.24) is 30.5 Å². The highest BCUT2D eigenvalue weighted by Crippen LogP contribution is 2.40. The van der Waals surface area contributed by atoms with Crippen LogP contribution in [0.25, 0.3) is 0 Å². The van der Waals surface area contributed by atoms with Crippen molar-refractivity contribution in [3.05, 3.63) is 18.3 Å². The number of piperidine rings is 1. The molecule has 3 atom stereocenters. The van der Waals surface area contributed by atoms with Crippen LogP contribution in [0.5, 0.6) is 5.88 Å². The predicted octanol–water partition coefficient (Wildman–Crippen LogP) is 2.67. The number of rotatable bonds is 5. The molecule has 0 spiro atoms. The first-order valence-electron chi connectivity index (χ1n) is 11.7. The molecular formula is C22H27N7O4S. The van der Waals surface area contributed by atoms with Gasteiger partial charge in [0.25, 0.3) is 0 Å². The Hall–Kier alpha value is -3.02. The third-order valence-electron chi connectivity index (χ3n) is 7.09. The number of carbonyl (C=O) groups is 3. The van der Waals surface area contributed by atoms with Crippen molar-refractivity contribution >= 4 is 35.4 Å². The number of hydrogen-bond acceptors (Lipinski definition) is 9. The van der Waals surface area contributed by atoms with Gasteiger partial charge in [0.1, 0.15) is 0 Å². The fourth-order valence-corrected chi connectivity index (χ4v) is 6.13. The van der Waals surface area contributed by atoms with E-state index < -0.39 is 6.09 Å². The monoisotopic (exact) mass is 485 g/mol. The number of nitrogens with zero attached hydrogens (tertiary/aromatic N) is 6. The molecule has 180 valence electrons. The Morgan fingerprint density at radius 3 is 2.41 bits per heavy atom. The summed E-state index contributed by atoms with van der Waals surface area (Å²) in [6, 6.07) is 3.15. The van der Waals surface area contributed by atoms with Crippen LogP contribution in [0.15, 0.2) is 23.5 Å². The number of H-pyrrole nitrogens is 1. The Kier molecular flexibility index (Phi) is 6.48. The van der Waals surface area contributed by atoms with Crippen LogP contribution >= 0.6 is 11.8 Å². The molecule has 4 heterocycles. The summed E-state index contributed by atoms with van der Waals surface area (Å²) in [5.74, 6) is -0.130. The lowest BCUT2D eigenvalue weighted by Gasteiger charge is -2.33. The van der Waals surface area contributed by atoms with E-state index in [0.717, 1.165) is 38.5 Å². The van der Waals surface area contributed by atoms with Gasteiger partial charge in [0, 0.05) is 24.4 Å². The summed E-state index contributed by atoms with van der Waals surface area (Å²) in [5, 5.41) is 14.9. The van der Waals surface area contributed by atoms with E-state index in [4.69, 9.17) is 4.74 Å². The van der Waals surface area contributed by atoms with Crippen molar-refractivity contribution in [2.24, 2.45) is 17.8 Å². The number of amides is 3. The van der Waals surface area contributed by atoms with Gasteiger partial charge in [-0.15, -0.1) is 10.2 Å². The first-order valence-corrected chi connectivity index (χ1v) is 12.6. The van der Waals surface area contributed by atoms with E-state index >= 15 is 0 Å². The average Bonchev–Trinajstić information content (AvgIpc) is 3.46. The predicted molar refractivity (Wildman–Crippen MR) is 122 cm³/mol. The molecule has 3 fully saturated rings. The maximum atomic E-state index is 12.8. The van der Waals surface area contributed by atoms with Crippen molar-refractivity contribution in [1.29, 1.82) is 0 Å². The summed E-state index contributed by atoms with van der Waals surface area (Å²) < 4.78 is 5.45. The van der Waals surface area contributed by atoms with Crippen LogP contribution in [-0.4, -0.2) is 66.8 Å². The van der Waals surface area contributed by atoms with Gasteiger partial charge in [0.15, 0.2) is 0 Å². The Morgan fingerprint density at radius 1 is 1.12 bits per heavy atom. The number of aromatic nitrogens is 5.